The maximum absolute atomic E-state index is 11.7. The van der Waals surface area contributed by atoms with E-state index in [0.717, 1.165) is 0 Å². The van der Waals surface area contributed by atoms with Gasteiger partial charge in [0.2, 0.25) is 5.89 Å². The number of hydrogen-bond acceptors (Lipinski definition) is 6. The minimum absolute atomic E-state index is 0.0884. The van der Waals surface area contributed by atoms with E-state index in [0.29, 0.717) is 5.89 Å². The molecule has 2 N–H and O–H groups in total. The molecule has 0 saturated heterocycles. The Hall–Kier alpha value is -1.35. The van der Waals surface area contributed by atoms with E-state index in [4.69, 9.17) is 4.42 Å². The fraction of sp³-hybridized carbons (Fsp3) is 0.778. The number of nitrogens with one attached hydrogen (secondary N) is 2. The summed E-state index contributed by atoms with van der Waals surface area (Å²) in [7, 11) is 1.74. The number of ether oxygens (including phenoxy) is 1. The second-order valence-corrected chi connectivity index (χ2v) is 3.55. The van der Waals surface area contributed by atoms with Gasteiger partial charge >= 0.3 is 12.2 Å². The first-order valence-electron chi connectivity index (χ1n) is 5.31. The molecule has 0 aliphatic rings. The smallest absolute Gasteiger partial charge is 0.406 e. The average molecular weight is 268 g/mol. The fourth-order valence-electron chi connectivity index (χ4n) is 1.02. The third kappa shape index (κ3) is 5.32. The van der Waals surface area contributed by atoms with E-state index in [1.807, 2.05) is 6.92 Å². The number of anilines is 1. The lowest BCUT2D eigenvalue weighted by molar-refractivity contribution is -0.172. The molecule has 0 aliphatic heterocycles. The Bertz CT molecular complexity index is 356. The topological polar surface area (TPSA) is 72.2 Å². The van der Waals surface area contributed by atoms with Crippen LogP contribution in [0.1, 0.15) is 18.9 Å². The lowest BCUT2D eigenvalue weighted by Gasteiger charge is -2.07. The van der Waals surface area contributed by atoms with E-state index in [9.17, 15) is 13.2 Å². The Morgan fingerprint density at radius 3 is 2.72 bits per heavy atom. The maximum atomic E-state index is 11.7. The van der Waals surface area contributed by atoms with E-state index < -0.39 is 12.8 Å². The molecule has 1 unspecified atom stereocenters. The highest BCUT2D eigenvalue weighted by atomic mass is 19.4. The first-order valence-corrected chi connectivity index (χ1v) is 5.31. The minimum Gasteiger partial charge on any atom is -0.406 e. The van der Waals surface area contributed by atoms with Crippen molar-refractivity contribution in [3.05, 3.63) is 5.89 Å². The van der Waals surface area contributed by atoms with Crippen molar-refractivity contribution in [3.8, 4) is 0 Å². The summed E-state index contributed by atoms with van der Waals surface area (Å²) >= 11 is 0. The molecule has 1 rings (SSSR count). The van der Waals surface area contributed by atoms with Crippen LogP contribution in [0.4, 0.5) is 19.2 Å². The van der Waals surface area contributed by atoms with Crippen LogP contribution in [-0.2, 0) is 4.74 Å². The Labute approximate surface area is 102 Å². The summed E-state index contributed by atoms with van der Waals surface area (Å²) in [5.74, 6) is 0.399. The lowest BCUT2D eigenvalue weighted by Crippen LogP contribution is -2.20. The van der Waals surface area contributed by atoms with Crippen LogP contribution in [0.5, 0.6) is 0 Å². The van der Waals surface area contributed by atoms with E-state index in [-0.39, 0.29) is 25.2 Å². The van der Waals surface area contributed by atoms with Gasteiger partial charge in [0.1, 0.15) is 6.61 Å². The number of hydrogen-bond donors (Lipinski definition) is 2. The Balaban J connectivity index is 2.22. The molecule has 0 radical (unpaired) electrons. The average Bonchev–Trinajstić information content (AvgIpc) is 2.75. The van der Waals surface area contributed by atoms with Gasteiger partial charge in [-0.3, -0.25) is 0 Å². The summed E-state index contributed by atoms with van der Waals surface area (Å²) in [6.45, 7) is 0.634. The van der Waals surface area contributed by atoms with Crippen molar-refractivity contribution in [3.63, 3.8) is 0 Å². The molecule has 18 heavy (non-hydrogen) atoms. The van der Waals surface area contributed by atoms with Crippen molar-refractivity contribution in [2.45, 2.75) is 19.1 Å². The summed E-state index contributed by atoms with van der Waals surface area (Å²) in [4.78, 5) is 0. The molecule has 6 nitrogen and oxygen atoms in total. The molecule has 9 heteroatoms. The molecule has 0 spiro atoms. The number of nitrogens with zero attached hydrogens (tertiary/aromatic N) is 2. The summed E-state index contributed by atoms with van der Waals surface area (Å²) in [6.07, 6.45) is -4.31. The van der Waals surface area contributed by atoms with Gasteiger partial charge in [0.25, 0.3) is 0 Å². The second-order valence-electron chi connectivity index (χ2n) is 3.55. The van der Waals surface area contributed by atoms with Gasteiger partial charge in [-0.05, 0) is 14.0 Å². The van der Waals surface area contributed by atoms with Gasteiger partial charge in [-0.25, -0.2) is 0 Å². The van der Waals surface area contributed by atoms with Crippen molar-refractivity contribution >= 4 is 6.01 Å². The van der Waals surface area contributed by atoms with Gasteiger partial charge in [-0.1, -0.05) is 5.10 Å². The van der Waals surface area contributed by atoms with Crippen LogP contribution in [0.25, 0.3) is 0 Å². The second kappa shape index (κ2) is 6.55. The van der Waals surface area contributed by atoms with Crippen LogP contribution in [0, 0.1) is 0 Å². The van der Waals surface area contributed by atoms with Crippen LogP contribution in [-0.4, -0.2) is 43.2 Å². The number of alkyl halides is 3. The van der Waals surface area contributed by atoms with E-state index in [1.54, 1.807) is 7.05 Å². The Morgan fingerprint density at radius 2 is 2.11 bits per heavy atom. The summed E-state index contributed by atoms with van der Waals surface area (Å²) < 4.78 is 44.8. The standard InChI is InChI=1S/C9H15F3N4O2/c1-6(13-2)7-15-16-8(18-7)14-3-4-17-5-9(10,11)12/h6,13H,3-5H2,1-2H3,(H,14,16). The third-order valence-electron chi connectivity index (χ3n) is 2.03. The highest BCUT2D eigenvalue weighted by molar-refractivity contribution is 5.16. The molecule has 1 heterocycles. The Kier molecular flexibility index (Phi) is 5.35. The van der Waals surface area contributed by atoms with Crippen LogP contribution >= 0.6 is 0 Å². The predicted molar refractivity (Wildman–Crippen MR) is 57.1 cm³/mol. The van der Waals surface area contributed by atoms with E-state index in [2.05, 4.69) is 25.6 Å². The highest BCUT2D eigenvalue weighted by Crippen LogP contribution is 2.14. The van der Waals surface area contributed by atoms with Gasteiger partial charge in [0.15, 0.2) is 0 Å². The molecular formula is C9H15F3N4O2. The van der Waals surface area contributed by atoms with Crippen molar-refractivity contribution in [1.82, 2.24) is 15.5 Å². The molecule has 0 fully saturated rings. The van der Waals surface area contributed by atoms with Crippen molar-refractivity contribution in [2.75, 3.05) is 32.1 Å². The molecule has 0 aliphatic carbocycles. The zero-order chi connectivity index (χ0) is 13.6. The van der Waals surface area contributed by atoms with E-state index in [1.165, 1.54) is 0 Å². The van der Waals surface area contributed by atoms with Crippen LogP contribution < -0.4 is 10.6 Å². The zero-order valence-corrected chi connectivity index (χ0v) is 10.0. The Morgan fingerprint density at radius 1 is 1.39 bits per heavy atom. The van der Waals surface area contributed by atoms with E-state index >= 15 is 0 Å². The summed E-state index contributed by atoms with van der Waals surface area (Å²) in [5.41, 5.74) is 0. The van der Waals surface area contributed by atoms with Crippen LogP contribution in [0.2, 0.25) is 0 Å². The quantitative estimate of drug-likeness (QED) is 0.727. The number of halogens is 3. The van der Waals surface area contributed by atoms with Gasteiger partial charge in [0.05, 0.1) is 12.6 Å². The van der Waals surface area contributed by atoms with Crippen molar-refractivity contribution in [1.29, 1.82) is 0 Å². The monoisotopic (exact) mass is 268 g/mol. The van der Waals surface area contributed by atoms with Gasteiger partial charge < -0.3 is 19.8 Å². The van der Waals surface area contributed by atoms with Gasteiger partial charge in [-0.15, -0.1) is 5.10 Å². The minimum atomic E-state index is -4.31. The van der Waals surface area contributed by atoms with Crippen molar-refractivity contribution in [2.24, 2.45) is 0 Å². The largest absolute Gasteiger partial charge is 0.411 e. The molecule has 0 bridgehead atoms. The molecular weight excluding hydrogens is 253 g/mol. The SMILES string of the molecule is CNC(C)c1nnc(NCCOCC(F)(F)F)o1. The lowest BCUT2D eigenvalue weighted by atomic mass is 10.3. The normalized spacial score (nSPS) is 13.6. The van der Waals surface area contributed by atoms with Crippen LogP contribution in [0.15, 0.2) is 4.42 Å². The molecule has 1 aromatic heterocycles. The number of aromatic nitrogens is 2. The molecule has 0 aromatic carbocycles. The first-order chi connectivity index (χ1) is 8.42. The van der Waals surface area contributed by atoms with Gasteiger partial charge in [-0.2, -0.15) is 13.2 Å². The summed E-state index contributed by atoms with van der Waals surface area (Å²) in [6, 6.07) is 0.0669. The predicted octanol–water partition coefficient (Wildman–Crippen LogP) is 1.34. The summed E-state index contributed by atoms with van der Waals surface area (Å²) in [5, 5.41) is 13.0. The van der Waals surface area contributed by atoms with Crippen LogP contribution in [0.3, 0.4) is 0 Å². The third-order valence-corrected chi connectivity index (χ3v) is 2.03. The molecule has 1 aromatic rings. The first kappa shape index (κ1) is 14.7. The molecule has 0 amide bonds. The molecule has 104 valence electrons. The zero-order valence-electron chi connectivity index (χ0n) is 10.0. The fourth-order valence-corrected chi connectivity index (χ4v) is 1.02. The highest BCUT2D eigenvalue weighted by Gasteiger charge is 2.27. The number of rotatable bonds is 7. The molecule has 0 saturated carbocycles. The molecule has 1 atom stereocenters. The van der Waals surface area contributed by atoms with Crippen molar-refractivity contribution < 1.29 is 22.3 Å². The van der Waals surface area contributed by atoms with Gasteiger partial charge in [0, 0.05) is 6.54 Å². The maximum Gasteiger partial charge on any atom is 0.411 e.